The van der Waals surface area contributed by atoms with Crippen molar-refractivity contribution in [2.24, 2.45) is 0 Å². The molecule has 0 bridgehead atoms. The highest BCUT2D eigenvalue weighted by Crippen LogP contribution is 2.34. The third-order valence-electron chi connectivity index (χ3n) is 5.82. The lowest BCUT2D eigenvalue weighted by Crippen LogP contribution is -2.27. The molecule has 2 aliphatic heterocycles. The Balaban J connectivity index is 0.00000153. The van der Waals surface area contributed by atoms with Gasteiger partial charge in [-0.25, -0.2) is 4.98 Å². The molecule has 5 nitrogen and oxygen atoms in total. The number of nitrogens with zero attached hydrogens (tertiary/aromatic N) is 3. The van der Waals surface area contributed by atoms with E-state index in [1.54, 1.807) is 0 Å². The standard InChI is InChI=1S/C25H26N4OS.2ClH/c30-25(22-16-21-17-27-23-9-4-10-24(31-22)29(21)23)26-13-11-20-12-15-28(18-20)14-5-8-19-6-2-1-3-7-19;;/h1-4,6-7,9-10,12,16-17H,5,8,11,13-15,18H2,(H,26,30);2*1H. The maximum absolute atomic E-state index is 12.7. The van der Waals surface area contributed by atoms with Crippen LogP contribution in [-0.4, -0.2) is 46.4 Å². The molecule has 0 fully saturated rings. The van der Waals surface area contributed by atoms with E-state index >= 15 is 0 Å². The Morgan fingerprint density at radius 1 is 1.06 bits per heavy atom. The summed E-state index contributed by atoms with van der Waals surface area (Å²) in [5.41, 5.74) is 4.70. The molecule has 0 spiro atoms. The maximum Gasteiger partial charge on any atom is 0.258 e. The smallest absolute Gasteiger partial charge is 0.258 e. The molecule has 4 heterocycles. The Kier molecular flexibility index (Phi) is 9.03. The number of aryl methyl sites for hydroxylation is 1. The Labute approximate surface area is 211 Å². The summed E-state index contributed by atoms with van der Waals surface area (Å²) in [5.74, 6) is -0.00670. The monoisotopic (exact) mass is 502 g/mol. The molecule has 2 aliphatic rings. The Morgan fingerprint density at radius 3 is 2.76 bits per heavy atom. The summed E-state index contributed by atoms with van der Waals surface area (Å²) in [6.07, 6.45) is 9.28. The second kappa shape index (κ2) is 11.7. The van der Waals surface area contributed by atoms with Gasteiger partial charge in [0.1, 0.15) is 5.65 Å². The van der Waals surface area contributed by atoms with Gasteiger partial charge in [-0.05, 0) is 49.6 Å². The van der Waals surface area contributed by atoms with Crippen molar-refractivity contribution in [3.05, 3.63) is 82.5 Å². The molecule has 1 amide bonds. The first-order chi connectivity index (χ1) is 15.3. The normalized spacial score (nSPS) is 14.8. The first-order valence-electron chi connectivity index (χ1n) is 10.8. The molecule has 0 unspecified atom stereocenters. The van der Waals surface area contributed by atoms with Gasteiger partial charge in [-0.15, -0.1) is 24.8 Å². The second-order valence-corrected chi connectivity index (χ2v) is 9.11. The van der Waals surface area contributed by atoms with E-state index < -0.39 is 0 Å². The summed E-state index contributed by atoms with van der Waals surface area (Å²) < 4.78 is 2.08. The Hall–Kier alpha value is -2.25. The molecule has 0 atom stereocenters. The number of aromatic nitrogens is 2. The zero-order chi connectivity index (χ0) is 21.0. The average Bonchev–Trinajstić information content (AvgIpc) is 3.43. The van der Waals surface area contributed by atoms with Crippen molar-refractivity contribution in [3.8, 4) is 0 Å². The average molecular weight is 503 g/mol. The lowest BCUT2D eigenvalue weighted by atomic mass is 10.1. The van der Waals surface area contributed by atoms with Gasteiger partial charge in [-0.2, -0.15) is 0 Å². The molecule has 2 aromatic heterocycles. The molecule has 174 valence electrons. The minimum absolute atomic E-state index is 0. The summed E-state index contributed by atoms with van der Waals surface area (Å²) >= 11 is 1.50. The summed E-state index contributed by atoms with van der Waals surface area (Å²) in [6, 6.07) is 16.7. The largest absolute Gasteiger partial charge is 0.351 e. The van der Waals surface area contributed by atoms with Crippen LogP contribution in [0.2, 0.25) is 0 Å². The fourth-order valence-corrected chi connectivity index (χ4v) is 5.21. The van der Waals surface area contributed by atoms with Gasteiger partial charge in [0.2, 0.25) is 0 Å². The SMILES string of the molecule is Cl.Cl.O=C(NCCC1=CCN(CCCc2ccccc2)C1)C1=Cc2cnc3cccc(n23)S1. The Bertz CT molecular complexity index is 1160. The van der Waals surface area contributed by atoms with Crippen LogP contribution in [0.3, 0.4) is 0 Å². The van der Waals surface area contributed by atoms with Crippen molar-refractivity contribution in [2.45, 2.75) is 24.3 Å². The van der Waals surface area contributed by atoms with Gasteiger partial charge >= 0.3 is 0 Å². The fraction of sp³-hybridized carbons (Fsp3) is 0.280. The van der Waals surface area contributed by atoms with E-state index in [0.717, 1.165) is 53.7 Å². The van der Waals surface area contributed by atoms with E-state index in [2.05, 4.69) is 56.0 Å². The minimum atomic E-state index is -0.00670. The van der Waals surface area contributed by atoms with E-state index in [-0.39, 0.29) is 30.7 Å². The van der Waals surface area contributed by atoms with Crippen LogP contribution < -0.4 is 5.32 Å². The number of carbonyl (C=O) groups is 1. The van der Waals surface area contributed by atoms with Gasteiger partial charge in [0.25, 0.3) is 5.91 Å². The fourth-order valence-electron chi connectivity index (χ4n) is 4.20. The number of imidazole rings is 1. The zero-order valence-corrected chi connectivity index (χ0v) is 20.7. The lowest BCUT2D eigenvalue weighted by Gasteiger charge is -2.16. The third-order valence-corrected chi connectivity index (χ3v) is 6.87. The molecular weight excluding hydrogens is 475 g/mol. The number of benzene rings is 1. The first-order valence-corrected chi connectivity index (χ1v) is 11.7. The van der Waals surface area contributed by atoms with E-state index in [4.69, 9.17) is 0 Å². The third kappa shape index (κ3) is 6.01. The first kappa shape index (κ1) is 25.4. The quantitative estimate of drug-likeness (QED) is 0.440. The number of hydrogen-bond donors (Lipinski definition) is 1. The molecule has 0 saturated heterocycles. The molecule has 0 radical (unpaired) electrons. The lowest BCUT2D eigenvalue weighted by molar-refractivity contribution is -0.116. The Morgan fingerprint density at radius 2 is 1.91 bits per heavy atom. The van der Waals surface area contributed by atoms with Crippen LogP contribution in [0.25, 0.3) is 11.7 Å². The van der Waals surface area contributed by atoms with Crippen molar-refractivity contribution < 1.29 is 4.79 Å². The van der Waals surface area contributed by atoms with Crippen LogP contribution in [0.4, 0.5) is 0 Å². The predicted molar refractivity (Wildman–Crippen MR) is 140 cm³/mol. The van der Waals surface area contributed by atoms with Crippen LogP contribution in [0.1, 0.15) is 24.1 Å². The van der Waals surface area contributed by atoms with Crippen molar-refractivity contribution >= 4 is 54.2 Å². The number of carbonyl (C=O) groups excluding carboxylic acids is 1. The number of thioether (sulfide) groups is 1. The summed E-state index contributed by atoms with van der Waals surface area (Å²) in [6.45, 7) is 3.82. The van der Waals surface area contributed by atoms with Crippen LogP contribution in [-0.2, 0) is 11.2 Å². The van der Waals surface area contributed by atoms with Crippen molar-refractivity contribution in [1.82, 2.24) is 19.6 Å². The van der Waals surface area contributed by atoms with Crippen molar-refractivity contribution in [1.29, 1.82) is 0 Å². The minimum Gasteiger partial charge on any atom is -0.351 e. The van der Waals surface area contributed by atoms with Crippen LogP contribution >= 0.6 is 36.6 Å². The predicted octanol–water partition coefficient (Wildman–Crippen LogP) is 5.01. The van der Waals surface area contributed by atoms with Crippen molar-refractivity contribution in [3.63, 3.8) is 0 Å². The molecule has 0 saturated carbocycles. The number of nitrogens with one attached hydrogen (secondary N) is 1. The van der Waals surface area contributed by atoms with Crippen molar-refractivity contribution in [2.75, 3.05) is 26.2 Å². The molecule has 5 rings (SSSR count). The number of rotatable bonds is 8. The molecule has 1 aromatic carbocycles. The van der Waals surface area contributed by atoms with Gasteiger partial charge in [-0.3, -0.25) is 14.1 Å². The van der Waals surface area contributed by atoms with Gasteiger partial charge in [-0.1, -0.05) is 59.8 Å². The molecule has 33 heavy (non-hydrogen) atoms. The maximum atomic E-state index is 12.7. The number of pyridine rings is 1. The molecular formula is C25H28Cl2N4OS. The van der Waals surface area contributed by atoms with Gasteiger partial charge in [0.15, 0.2) is 0 Å². The van der Waals surface area contributed by atoms with Crippen LogP contribution in [0.5, 0.6) is 0 Å². The summed E-state index contributed by atoms with van der Waals surface area (Å²) in [4.78, 5) is 20.3. The highest BCUT2D eigenvalue weighted by atomic mass is 35.5. The topological polar surface area (TPSA) is 49.6 Å². The van der Waals surface area contributed by atoms with E-state index in [1.807, 2.05) is 30.5 Å². The number of hydrogen-bond acceptors (Lipinski definition) is 4. The highest BCUT2D eigenvalue weighted by molar-refractivity contribution is 8.04. The molecule has 3 aromatic rings. The van der Waals surface area contributed by atoms with E-state index in [1.165, 1.54) is 29.3 Å². The molecule has 1 N–H and O–H groups in total. The van der Waals surface area contributed by atoms with E-state index in [9.17, 15) is 4.79 Å². The van der Waals surface area contributed by atoms with Crippen LogP contribution in [0, 0.1) is 0 Å². The zero-order valence-electron chi connectivity index (χ0n) is 18.3. The molecule has 8 heteroatoms. The highest BCUT2D eigenvalue weighted by Gasteiger charge is 2.20. The number of amides is 1. The summed E-state index contributed by atoms with van der Waals surface area (Å²) in [5, 5.41) is 4.13. The number of halogens is 2. The molecule has 0 aliphatic carbocycles. The van der Waals surface area contributed by atoms with Gasteiger partial charge in [0, 0.05) is 19.6 Å². The van der Waals surface area contributed by atoms with Gasteiger partial charge < -0.3 is 5.32 Å². The summed E-state index contributed by atoms with van der Waals surface area (Å²) in [7, 11) is 0. The van der Waals surface area contributed by atoms with Crippen LogP contribution in [0.15, 0.2) is 76.3 Å². The van der Waals surface area contributed by atoms with E-state index in [0.29, 0.717) is 6.54 Å². The second-order valence-electron chi connectivity index (χ2n) is 8.04. The van der Waals surface area contributed by atoms with Gasteiger partial charge in [0.05, 0.1) is 21.8 Å².